The normalized spacial score (nSPS) is 10.6. The standard InChI is InChI=1S/C23H26N4O2/c1-17-7-8-20(18(2)13-17)9-10-22(28)24-15-19-5-3-6-21(14-19)26-23(29)16-27-12-4-11-25-27/h3-8,11-14H,9-10,15-16H2,1-2H3,(H,24,28)(H,26,29). The minimum Gasteiger partial charge on any atom is -0.352 e. The Morgan fingerprint density at radius 3 is 2.66 bits per heavy atom. The number of hydrogen-bond donors (Lipinski definition) is 2. The van der Waals surface area contributed by atoms with Gasteiger partial charge in [0.25, 0.3) is 0 Å². The van der Waals surface area contributed by atoms with Gasteiger partial charge in [0, 0.05) is 31.0 Å². The van der Waals surface area contributed by atoms with Gasteiger partial charge in [0.1, 0.15) is 6.54 Å². The van der Waals surface area contributed by atoms with E-state index in [-0.39, 0.29) is 18.4 Å². The molecule has 0 bridgehead atoms. The zero-order valence-corrected chi connectivity index (χ0v) is 16.8. The minimum absolute atomic E-state index is 0.0121. The van der Waals surface area contributed by atoms with Gasteiger partial charge in [0.05, 0.1) is 0 Å². The molecule has 3 aromatic rings. The number of benzene rings is 2. The molecule has 6 nitrogen and oxygen atoms in total. The molecule has 0 fully saturated rings. The summed E-state index contributed by atoms with van der Waals surface area (Å²) in [5.41, 5.74) is 5.28. The fourth-order valence-corrected chi connectivity index (χ4v) is 3.16. The number of aryl methyl sites for hydroxylation is 3. The van der Waals surface area contributed by atoms with E-state index < -0.39 is 0 Å². The first-order valence-corrected chi connectivity index (χ1v) is 9.68. The highest BCUT2D eigenvalue weighted by Crippen LogP contribution is 2.13. The van der Waals surface area contributed by atoms with Crippen LogP contribution in [0, 0.1) is 13.8 Å². The Hall–Kier alpha value is -3.41. The van der Waals surface area contributed by atoms with E-state index in [0.717, 1.165) is 12.0 Å². The van der Waals surface area contributed by atoms with Gasteiger partial charge in [-0.2, -0.15) is 5.10 Å². The van der Waals surface area contributed by atoms with Crippen LogP contribution in [0.1, 0.15) is 28.7 Å². The highest BCUT2D eigenvalue weighted by Gasteiger charge is 2.07. The summed E-state index contributed by atoms with van der Waals surface area (Å²) in [5, 5.41) is 9.83. The van der Waals surface area contributed by atoms with Crippen LogP contribution in [-0.2, 0) is 29.1 Å². The molecular formula is C23H26N4O2. The molecule has 150 valence electrons. The maximum absolute atomic E-state index is 12.2. The zero-order valence-electron chi connectivity index (χ0n) is 16.8. The lowest BCUT2D eigenvalue weighted by atomic mass is 10.0. The van der Waals surface area contributed by atoms with E-state index in [9.17, 15) is 9.59 Å². The summed E-state index contributed by atoms with van der Waals surface area (Å²) in [4.78, 5) is 24.3. The van der Waals surface area contributed by atoms with E-state index in [0.29, 0.717) is 18.7 Å². The van der Waals surface area contributed by atoms with Crippen molar-refractivity contribution in [3.63, 3.8) is 0 Å². The number of carbonyl (C=O) groups is 2. The summed E-state index contributed by atoms with van der Waals surface area (Å²) in [6, 6.07) is 15.6. The molecule has 0 saturated heterocycles. The van der Waals surface area contributed by atoms with Crippen molar-refractivity contribution in [2.24, 2.45) is 0 Å². The van der Waals surface area contributed by atoms with Crippen LogP contribution in [0.15, 0.2) is 60.9 Å². The first kappa shape index (κ1) is 20.3. The molecule has 2 N–H and O–H groups in total. The number of nitrogens with one attached hydrogen (secondary N) is 2. The smallest absolute Gasteiger partial charge is 0.246 e. The van der Waals surface area contributed by atoms with Gasteiger partial charge >= 0.3 is 0 Å². The first-order chi connectivity index (χ1) is 14.0. The lowest BCUT2D eigenvalue weighted by Gasteiger charge is -2.10. The summed E-state index contributed by atoms with van der Waals surface area (Å²) in [5.74, 6) is -0.138. The number of aromatic nitrogens is 2. The third kappa shape index (κ3) is 6.31. The van der Waals surface area contributed by atoms with Crippen LogP contribution in [0.4, 0.5) is 5.69 Å². The SMILES string of the molecule is Cc1ccc(CCC(=O)NCc2cccc(NC(=O)Cn3cccn3)c2)c(C)c1. The Morgan fingerprint density at radius 2 is 1.90 bits per heavy atom. The molecule has 0 aliphatic carbocycles. The summed E-state index contributed by atoms with van der Waals surface area (Å²) < 4.78 is 1.56. The van der Waals surface area contributed by atoms with Crippen LogP contribution in [0.3, 0.4) is 0 Å². The molecule has 0 aliphatic heterocycles. The van der Waals surface area contributed by atoms with Gasteiger partial charge < -0.3 is 10.6 Å². The molecule has 29 heavy (non-hydrogen) atoms. The molecule has 0 spiro atoms. The molecule has 0 saturated carbocycles. The first-order valence-electron chi connectivity index (χ1n) is 9.68. The molecule has 3 rings (SSSR count). The second-order valence-corrected chi connectivity index (χ2v) is 7.16. The van der Waals surface area contributed by atoms with Gasteiger partial charge in [-0.3, -0.25) is 14.3 Å². The molecule has 6 heteroatoms. The molecule has 1 aromatic heterocycles. The van der Waals surface area contributed by atoms with Crippen molar-refractivity contribution in [1.82, 2.24) is 15.1 Å². The number of carbonyl (C=O) groups excluding carboxylic acids is 2. The second kappa shape index (κ2) is 9.68. The summed E-state index contributed by atoms with van der Waals surface area (Å²) >= 11 is 0. The van der Waals surface area contributed by atoms with Crippen LogP contribution < -0.4 is 10.6 Å². The Balaban J connectivity index is 1.47. The fourth-order valence-electron chi connectivity index (χ4n) is 3.16. The highest BCUT2D eigenvalue weighted by molar-refractivity contribution is 5.90. The molecule has 0 radical (unpaired) electrons. The van der Waals surface area contributed by atoms with Crippen molar-refractivity contribution in [3.8, 4) is 0 Å². The number of rotatable bonds is 8. The Kier molecular flexibility index (Phi) is 6.79. The van der Waals surface area contributed by atoms with Crippen molar-refractivity contribution in [1.29, 1.82) is 0 Å². The predicted molar refractivity (Wildman–Crippen MR) is 113 cm³/mol. The van der Waals surface area contributed by atoms with Crippen molar-refractivity contribution in [2.45, 2.75) is 39.8 Å². The maximum Gasteiger partial charge on any atom is 0.246 e. The van der Waals surface area contributed by atoms with Crippen molar-refractivity contribution in [2.75, 3.05) is 5.32 Å². The van der Waals surface area contributed by atoms with Gasteiger partial charge in [0.2, 0.25) is 11.8 Å². The van der Waals surface area contributed by atoms with Gasteiger partial charge in [-0.15, -0.1) is 0 Å². The number of amides is 2. The highest BCUT2D eigenvalue weighted by atomic mass is 16.2. The van der Waals surface area contributed by atoms with E-state index in [1.54, 1.807) is 23.1 Å². The molecule has 0 unspecified atom stereocenters. The Morgan fingerprint density at radius 1 is 1.03 bits per heavy atom. The van der Waals surface area contributed by atoms with Crippen molar-refractivity contribution < 1.29 is 9.59 Å². The van der Waals surface area contributed by atoms with E-state index in [1.165, 1.54) is 16.7 Å². The molecule has 2 aromatic carbocycles. The molecular weight excluding hydrogens is 364 g/mol. The van der Waals surface area contributed by atoms with Crippen LogP contribution in [-0.4, -0.2) is 21.6 Å². The third-order valence-corrected chi connectivity index (χ3v) is 4.68. The third-order valence-electron chi connectivity index (χ3n) is 4.68. The number of anilines is 1. The van der Waals surface area contributed by atoms with E-state index in [1.807, 2.05) is 24.3 Å². The summed E-state index contributed by atoms with van der Waals surface area (Å²) in [7, 11) is 0. The lowest BCUT2D eigenvalue weighted by Crippen LogP contribution is -2.23. The Bertz CT molecular complexity index is 980. The van der Waals surface area contributed by atoms with Gasteiger partial charge in [-0.1, -0.05) is 35.9 Å². The average molecular weight is 390 g/mol. The molecule has 1 heterocycles. The number of nitrogens with zero attached hydrogens (tertiary/aromatic N) is 2. The van der Waals surface area contributed by atoms with Crippen molar-refractivity contribution >= 4 is 17.5 Å². The lowest BCUT2D eigenvalue weighted by molar-refractivity contribution is -0.121. The largest absolute Gasteiger partial charge is 0.352 e. The molecule has 0 atom stereocenters. The number of hydrogen-bond acceptors (Lipinski definition) is 3. The van der Waals surface area contributed by atoms with Gasteiger partial charge in [-0.05, 0) is 55.2 Å². The topological polar surface area (TPSA) is 76.0 Å². The second-order valence-electron chi connectivity index (χ2n) is 7.16. The van der Waals surface area contributed by atoms with Gasteiger partial charge in [0.15, 0.2) is 0 Å². The fraction of sp³-hybridized carbons (Fsp3) is 0.261. The Labute approximate surface area is 170 Å². The zero-order chi connectivity index (χ0) is 20.6. The molecule has 0 aliphatic rings. The van der Waals surface area contributed by atoms with Crippen LogP contribution in [0.2, 0.25) is 0 Å². The van der Waals surface area contributed by atoms with Crippen LogP contribution in [0.25, 0.3) is 0 Å². The summed E-state index contributed by atoms with van der Waals surface area (Å²) in [6.45, 7) is 4.73. The monoisotopic (exact) mass is 390 g/mol. The predicted octanol–water partition coefficient (Wildman–Crippen LogP) is 3.39. The van der Waals surface area contributed by atoms with Crippen LogP contribution in [0.5, 0.6) is 0 Å². The van der Waals surface area contributed by atoms with E-state index >= 15 is 0 Å². The summed E-state index contributed by atoms with van der Waals surface area (Å²) in [6.07, 6.45) is 4.55. The molecule has 2 amide bonds. The van der Waals surface area contributed by atoms with Crippen molar-refractivity contribution in [3.05, 3.63) is 83.2 Å². The van der Waals surface area contributed by atoms with E-state index in [2.05, 4.69) is 47.8 Å². The average Bonchev–Trinajstić information content (AvgIpc) is 3.19. The minimum atomic E-state index is -0.150. The van der Waals surface area contributed by atoms with Gasteiger partial charge in [-0.25, -0.2) is 0 Å². The van der Waals surface area contributed by atoms with E-state index in [4.69, 9.17) is 0 Å². The van der Waals surface area contributed by atoms with Crippen LogP contribution >= 0.6 is 0 Å². The quantitative estimate of drug-likeness (QED) is 0.619. The maximum atomic E-state index is 12.2.